The van der Waals surface area contributed by atoms with Gasteiger partial charge in [-0.15, -0.1) is 0 Å². The lowest BCUT2D eigenvalue weighted by atomic mass is 10.1. The Balaban J connectivity index is 1.64. The molecule has 0 unspecified atom stereocenters. The largest absolute Gasteiger partial charge is 0.481 e. The summed E-state index contributed by atoms with van der Waals surface area (Å²) in [6, 6.07) is -3.03. The fourth-order valence-electron chi connectivity index (χ4n) is 4.67. The molecule has 3 aliphatic heterocycles. The van der Waals surface area contributed by atoms with Crippen molar-refractivity contribution in [1.82, 2.24) is 20.4 Å². The van der Waals surface area contributed by atoms with Gasteiger partial charge in [-0.3, -0.25) is 19.2 Å². The van der Waals surface area contributed by atoms with Crippen LogP contribution in [0.3, 0.4) is 0 Å². The first-order chi connectivity index (χ1) is 14.8. The Morgan fingerprint density at radius 2 is 1.55 bits per heavy atom. The SMILES string of the molecule is O=C(O)CC[C@H](NC(=O)[C@@H]1CCCN1C(=O)[C@@H]1CCCN1C(=O)[C@@H]1CCCN1)C(=O)O. The standard InChI is InChI=1S/C20H30N4O7/c25-16(26)8-7-13(20(30)31)22-17(27)14-5-2-10-23(14)19(29)15-6-3-11-24(15)18(28)12-4-1-9-21-12/h12-15,21H,1-11H2,(H,22,27)(H,25,26)(H,30,31)/t12-,13-,14-,15-/m0/s1. The van der Waals surface area contributed by atoms with Crippen LogP contribution in [0.25, 0.3) is 0 Å². The minimum absolute atomic E-state index is 0.0758. The molecule has 3 amide bonds. The molecule has 4 N–H and O–H groups in total. The predicted octanol–water partition coefficient (Wildman–Crippen LogP) is -0.845. The molecule has 0 aromatic rings. The van der Waals surface area contributed by atoms with Gasteiger partial charge in [-0.1, -0.05) is 0 Å². The first kappa shape index (κ1) is 23.0. The van der Waals surface area contributed by atoms with Gasteiger partial charge in [0.15, 0.2) is 0 Å². The van der Waals surface area contributed by atoms with E-state index in [2.05, 4.69) is 10.6 Å². The van der Waals surface area contributed by atoms with Crippen molar-refractivity contribution < 1.29 is 34.2 Å². The van der Waals surface area contributed by atoms with Crippen LogP contribution in [-0.2, 0) is 24.0 Å². The average molecular weight is 438 g/mol. The maximum Gasteiger partial charge on any atom is 0.326 e. The highest BCUT2D eigenvalue weighted by atomic mass is 16.4. The van der Waals surface area contributed by atoms with Crippen LogP contribution in [0.5, 0.6) is 0 Å². The molecule has 11 heteroatoms. The minimum atomic E-state index is -1.33. The van der Waals surface area contributed by atoms with Crippen LogP contribution in [0.4, 0.5) is 0 Å². The summed E-state index contributed by atoms with van der Waals surface area (Å²) in [5.74, 6) is -3.42. The monoisotopic (exact) mass is 438 g/mol. The van der Waals surface area contributed by atoms with Crippen LogP contribution in [0.2, 0.25) is 0 Å². The number of carboxylic acids is 2. The van der Waals surface area contributed by atoms with E-state index in [9.17, 15) is 29.1 Å². The van der Waals surface area contributed by atoms with Gasteiger partial charge in [0.1, 0.15) is 18.1 Å². The third-order valence-corrected chi connectivity index (χ3v) is 6.28. The fourth-order valence-corrected chi connectivity index (χ4v) is 4.67. The number of nitrogens with zero attached hydrogens (tertiary/aromatic N) is 2. The van der Waals surface area contributed by atoms with E-state index < -0.39 is 36.0 Å². The smallest absolute Gasteiger partial charge is 0.326 e. The summed E-state index contributed by atoms with van der Waals surface area (Å²) in [6.07, 6.45) is 3.29. The number of likely N-dealkylation sites (tertiary alicyclic amines) is 2. The van der Waals surface area contributed by atoms with Crippen LogP contribution >= 0.6 is 0 Å². The highest BCUT2D eigenvalue weighted by molar-refractivity contribution is 5.95. The Morgan fingerprint density at radius 1 is 0.903 bits per heavy atom. The summed E-state index contributed by atoms with van der Waals surface area (Å²) in [5, 5.41) is 23.6. The van der Waals surface area contributed by atoms with Crippen LogP contribution in [0, 0.1) is 0 Å². The van der Waals surface area contributed by atoms with Gasteiger partial charge in [-0.05, 0) is 51.5 Å². The van der Waals surface area contributed by atoms with Crippen LogP contribution < -0.4 is 10.6 Å². The highest BCUT2D eigenvalue weighted by Gasteiger charge is 2.44. The van der Waals surface area contributed by atoms with E-state index in [1.807, 2.05) is 0 Å². The number of rotatable bonds is 8. The molecule has 11 nitrogen and oxygen atoms in total. The van der Waals surface area contributed by atoms with Gasteiger partial charge in [0.05, 0.1) is 6.04 Å². The minimum Gasteiger partial charge on any atom is -0.481 e. The van der Waals surface area contributed by atoms with Gasteiger partial charge in [-0.25, -0.2) is 4.79 Å². The summed E-state index contributed by atoms with van der Waals surface area (Å²) < 4.78 is 0. The predicted molar refractivity (Wildman–Crippen MR) is 107 cm³/mol. The normalized spacial score (nSPS) is 26.6. The maximum atomic E-state index is 13.3. The summed E-state index contributed by atoms with van der Waals surface area (Å²) in [5.41, 5.74) is 0. The Bertz CT molecular complexity index is 737. The molecular weight excluding hydrogens is 408 g/mol. The van der Waals surface area contributed by atoms with E-state index in [0.717, 1.165) is 25.8 Å². The first-order valence-corrected chi connectivity index (χ1v) is 10.9. The molecule has 0 aromatic heterocycles. The number of amides is 3. The molecule has 31 heavy (non-hydrogen) atoms. The molecule has 0 aliphatic carbocycles. The van der Waals surface area contributed by atoms with Gasteiger partial charge in [-0.2, -0.15) is 0 Å². The number of aliphatic carboxylic acids is 2. The summed E-state index contributed by atoms with van der Waals surface area (Å²) in [7, 11) is 0. The zero-order valence-corrected chi connectivity index (χ0v) is 17.4. The third-order valence-electron chi connectivity index (χ3n) is 6.28. The van der Waals surface area contributed by atoms with E-state index in [1.165, 1.54) is 4.90 Å². The van der Waals surface area contributed by atoms with Crippen molar-refractivity contribution in [2.45, 2.75) is 75.5 Å². The van der Waals surface area contributed by atoms with Crippen molar-refractivity contribution in [2.75, 3.05) is 19.6 Å². The van der Waals surface area contributed by atoms with Gasteiger partial charge in [0.2, 0.25) is 17.7 Å². The maximum absolute atomic E-state index is 13.3. The zero-order chi connectivity index (χ0) is 22.5. The van der Waals surface area contributed by atoms with Crippen molar-refractivity contribution in [3.05, 3.63) is 0 Å². The second-order valence-corrected chi connectivity index (χ2v) is 8.36. The van der Waals surface area contributed by atoms with Crippen molar-refractivity contribution in [1.29, 1.82) is 0 Å². The van der Waals surface area contributed by atoms with Crippen molar-refractivity contribution in [3.8, 4) is 0 Å². The second-order valence-electron chi connectivity index (χ2n) is 8.36. The number of carbonyl (C=O) groups excluding carboxylic acids is 3. The quantitative estimate of drug-likeness (QED) is 0.382. The summed E-state index contributed by atoms with van der Waals surface area (Å²) in [4.78, 5) is 64.1. The molecule has 0 bridgehead atoms. The van der Waals surface area contributed by atoms with E-state index in [0.29, 0.717) is 32.4 Å². The molecule has 3 heterocycles. The van der Waals surface area contributed by atoms with E-state index in [1.54, 1.807) is 4.90 Å². The first-order valence-electron chi connectivity index (χ1n) is 10.9. The third kappa shape index (κ3) is 5.33. The van der Waals surface area contributed by atoms with E-state index in [-0.39, 0.29) is 30.7 Å². The molecule has 4 atom stereocenters. The van der Waals surface area contributed by atoms with Gasteiger partial charge in [0, 0.05) is 19.5 Å². The Kier molecular flexibility index (Phi) is 7.47. The molecule has 3 fully saturated rings. The number of hydrogen-bond donors (Lipinski definition) is 4. The van der Waals surface area contributed by atoms with Crippen molar-refractivity contribution in [3.63, 3.8) is 0 Å². The van der Waals surface area contributed by atoms with Crippen molar-refractivity contribution >= 4 is 29.7 Å². The molecule has 3 saturated heterocycles. The van der Waals surface area contributed by atoms with E-state index >= 15 is 0 Å². The zero-order valence-electron chi connectivity index (χ0n) is 17.4. The molecule has 0 saturated carbocycles. The lowest BCUT2D eigenvalue weighted by Crippen LogP contribution is -2.56. The number of hydrogen-bond acceptors (Lipinski definition) is 6. The van der Waals surface area contributed by atoms with Gasteiger partial charge in [0.25, 0.3) is 0 Å². The molecule has 172 valence electrons. The van der Waals surface area contributed by atoms with Crippen LogP contribution in [0.1, 0.15) is 51.4 Å². The molecule has 3 aliphatic rings. The van der Waals surface area contributed by atoms with Crippen LogP contribution in [-0.4, -0.2) is 93.5 Å². The Hall–Kier alpha value is -2.69. The average Bonchev–Trinajstić information content (AvgIpc) is 3.49. The van der Waals surface area contributed by atoms with Crippen molar-refractivity contribution in [2.24, 2.45) is 0 Å². The summed E-state index contributed by atoms with van der Waals surface area (Å²) >= 11 is 0. The van der Waals surface area contributed by atoms with Gasteiger partial charge < -0.3 is 30.6 Å². The Labute approximate surface area is 180 Å². The fraction of sp³-hybridized carbons (Fsp3) is 0.750. The molecule has 0 spiro atoms. The number of carbonyl (C=O) groups is 5. The molecule has 0 radical (unpaired) electrons. The second kappa shape index (κ2) is 10.1. The summed E-state index contributed by atoms with van der Waals surface area (Å²) in [6.45, 7) is 1.66. The van der Waals surface area contributed by atoms with E-state index in [4.69, 9.17) is 5.11 Å². The molecular formula is C20H30N4O7. The lowest BCUT2D eigenvalue weighted by molar-refractivity contribution is -0.148. The molecule has 0 aromatic carbocycles. The Morgan fingerprint density at radius 3 is 2.13 bits per heavy atom. The number of carboxylic acid groups (broad SMARTS) is 2. The molecule has 3 rings (SSSR count). The van der Waals surface area contributed by atoms with Gasteiger partial charge >= 0.3 is 11.9 Å². The topological polar surface area (TPSA) is 156 Å². The highest BCUT2D eigenvalue weighted by Crippen LogP contribution is 2.26. The number of nitrogens with one attached hydrogen (secondary N) is 2. The van der Waals surface area contributed by atoms with Crippen LogP contribution in [0.15, 0.2) is 0 Å². The lowest BCUT2D eigenvalue weighted by Gasteiger charge is -2.32.